The zero-order chi connectivity index (χ0) is 8.69. The van der Waals surface area contributed by atoms with Crippen molar-refractivity contribution < 1.29 is 4.74 Å². The maximum absolute atomic E-state index is 5.10. The molecule has 2 atom stereocenters. The molecule has 0 aliphatic rings. The van der Waals surface area contributed by atoms with E-state index in [1.165, 1.54) is 19.3 Å². The van der Waals surface area contributed by atoms with Crippen molar-refractivity contribution in [1.82, 2.24) is 0 Å². The van der Waals surface area contributed by atoms with Crippen LogP contribution >= 0.6 is 0 Å². The van der Waals surface area contributed by atoms with Crippen LogP contribution in [0.1, 0.15) is 40.0 Å². The zero-order valence-corrected chi connectivity index (χ0v) is 8.39. The van der Waals surface area contributed by atoms with E-state index in [9.17, 15) is 0 Å². The molecule has 0 aliphatic carbocycles. The highest BCUT2D eigenvalue weighted by atomic mass is 16.5. The lowest BCUT2D eigenvalue weighted by Crippen LogP contribution is -2.13. The van der Waals surface area contributed by atoms with Crippen LogP contribution in [0.4, 0.5) is 0 Å². The molecule has 0 saturated heterocycles. The molecule has 0 aromatic rings. The van der Waals surface area contributed by atoms with Gasteiger partial charge in [0.15, 0.2) is 0 Å². The lowest BCUT2D eigenvalue weighted by molar-refractivity contribution is 0.130. The third-order valence-corrected chi connectivity index (χ3v) is 2.41. The SMILES string of the molecule is CCCCC(C)C(C)COC. The van der Waals surface area contributed by atoms with Crippen LogP contribution in [0.3, 0.4) is 0 Å². The standard InChI is InChI=1S/C10H22O/c1-5-6-7-9(2)10(3)8-11-4/h9-10H,5-8H2,1-4H3. The molecule has 68 valence electrons. The first-order valence-corrected chi connectivity index (χ1v) is 4.71. The molecule has 0 spiro atoms. The Labute approximate surface area is 71.1 Å². The van der Waals surface area contributed by atoms with Gasteiger partial charge in [-0.3, -0.25) is 0 Å². The Hall–Kier alpha value is -0.0400. The van der Waals surface area contributed by atoms with Gasteiger partial charge in [-0.25, -0.2) is 0 Å². The van der Waals surface area contributed by atoms with Crippen LogP contribution in [-0.2, 0) is 4.74 Å². The maximum atomic E-state index is 5.10. The normalized spacial score (nSPS) is 16.4. The number of methoxy groups -OCH3 is 1. The Morgan fingerprint density at radius 3 is 2.27 bits per heavy atom. The van der Waals surface area contributed by atoms with Crippen LogP contribution in [0.25, 0.3) is 0 Å². The third-order valence-electron chi connectivity index (χ3n) is 2.41. The van der Waals surface area contributed by atoms with Crippen LogP contribution in [0.15, 0.2) is 0 Å². The van der Waals surface area contributed by atoms with Crippen LogP contribution in [0.2, 0.25) is 0 Å². The molecule has 0 aromatic heterocycles. The quantitative estimate of drug-likeness (QED) is 0.577. The summed E-state index contributed by atoms with van der Waals surface area (Å²) in [6.07, 6.45) is 4.01. The van der Waals surface area contributed by atoms with Crippen molar-refractivity contribution >= 4 is 0 Å². The van der Waals surface area contributed by atoms with Crippen molar-refractivity contribution in [3.05, 3.63) is 0 Å². The average molecular weight is 158 g/mol. The summed E-state index contributed by atoms with van der Waals surface area (Å²) >= 11 is 0. The lowest BCUT2D eigenvalue weighted by atomic mass is 9.92. The van der Waals surface area contributed by atoms with Gasteiger partial charge in [-0.05, 0) is 11.8 Å². The number of unbranched alkanes of at least 4 members (excludes halogenated alkanes) is 1. The number of rotatable bonds is 6. The summed E-state index contributed by atoms with van der Waals surface area (Å²) in [5, 5.41) is 0. The highest BCUT2D eigenvalue weighted by Crippen LogP contribution is 2.17. The average Bonchev–Trinajstić information content (AvgIpc) is 2.00. The number of hydrogen-bond donors (Lipinski definition) is 0. The van der Waals surface area contributed by atoms with E-state index in [1.54, 1.807) is 7.11 Å². The third kappa shape index (κ3) is 5.25. The van der Waals surface area contributed by atoms with Crippen LogP contribution < -0.4 is 0 Å². The summed E-state index contributed by atoms with van der Waals surface area (Å²) in [7, 11) is 1.78. The van der Waals surface area contributed by atoms with Gasteiger partial charge in [-0.2, -0.15) is 0 Å². The monoisotopic (exact) mass is 158 g/mol. The van der Waals surface area contributed by atoms with E-state index >= 15 is 0 Å². The number of ether oxygens (including phenoxy) is 1. The molecule has 1 heteroatoms. The van der Waals surface area contributed by atoms with Gasteiger partial charge >= 0.3 is 0 Å². The summed E-state index contributed by atoms with van der Waals surface area (Å²) in [4.78, 5) is 0. The van der Waals surface area contributed by atoms with E-state index in [-0.39, 0.29) is 0 Å². The Bertz CT molecular complexity index is 80.9. The molecule has 1 nitrogen and oxygen atoms in total. The van der Waals surface area contributed by atoms with Gasteiger partial charge < -0.3 is 4.74 Å². The topological polar surface area (TPSA) is 9.23 Å². The molecule has 0 N–H and O–H groups in total. The minimum absolute atomic E-state index is 0.714. The summed E-state index contributed by atoms with van der Waals surface area (Å²) < 4.78 is 5.10. The summed E-state index contributed by atoms with van der Waals surface area (Å²) in [5.74, 6) is 1.53. The summed E-state index contributed by atoms with van der Waals surface area (Å²) in [6, 6.07) is 0. The molecular weight excluding hydrogens is 136 g/mol. The molecular formula is C10H22O. The largest absolute Gasteiger partial charge is 0.384 e. The van der Waals surface area contributed by atoms with Gasteiger partial charge in [-0.1, -0.05) is 40.0 Å². The Morgan fingerprint density at radius 2 is 1.82 bits per heavy atom. The second kappa shape index (κ2) is 6.66. The van der Waals surface area contributed by atoms with E-state index in [0.717, 1.165) is 12.5 Å². The minimum atomic E-state index is 0.714. The van der Waals surface area contributed by atoms with E-state index in [1.807, 2.05) is 0 Å². The molecule has 11 heavy (non-hydrogen) atoms. The van der Waals surface area contributed by atoms with Crippen molar-refractivity contribution in [2.45, 2.75) is 40.0 Å². The molecule has 0 fully saturated rings. The van der Waals surface area contributed by atoms with Gasteiger partial charge in [0.25, 0.3) is 0 Å². The Morgan fingerprint density at radius 1 is 1.18 bits per heavy atom. The number of hydrogen-bond acceptors (Lipinski definition) is 1. The van der Waals surface area contributed by atoms with Crippen molar-refractivity contribution in [3.63, 3.8) is 0 Å². The fourth-order valence-electron chi connectivity index (χ4n) is 1.24. The second-order valence-corrected chi connectivity index (χ2v) is 3.55. The minimum Gasteiger partial charge on any atom is -0.384 e. The molecule has 0 rings (SSSR count). The van der Waals surface area contributed by atoms with Crippen LogP contribution in [-0.4, -0.2) is 13.7 Å². The Balaban J connectivity index is 3.38. The van der Waals surface area contributed by atoms with Gasteiger partial charge in [0.05, 0.1) is 0 Å². The predicted molar refractivity (Wildman–Crippen MR) is 49.7 cm³/mol. The van der Waals surface area contributed by atoms with Crippen molar-refractivity contribution in [3.8, 4) is 0 Å². The maximum Gasteiger partial charge on any atom is 0.0490 e. The first kappa shape index (κ1) is 11.0. The predicted octanol–water partition coefficient (Wildman–Crippen LogP) is 3.10. The first-order valence-electron chi connectivity index (χ1n) is 4.71. The van der Waals surface area contributed by atoms with E-state index in [2.05, 4.69) is 20.8 Å². The van der Waals surface area contributed by atoms with Gasteiger partial charge in [0.1, 0.15) is 0 Å². The lowest BCUT2D eigenvalue weighted by Gasteiger charge is -2.18. The summed E-state index contributed by atoms with van der Waals surface area (Å²) in [6.45, 7) is 7.74. The molecule has 2 unspecified atom stereocenters. The molecule has 0 heterocycles. The molecule has 0 bridgehead atoms. The molecule has 0 amide bonds. The molecule has 0 aliphatic heterocycles. The molecule has 0 aromatic carbocycles. The second-order valence-electron chi connectivity index (χ2n) is 3.55. The Kier molecular flexibility index (Phi) is 6.63. The van der Waals surface area contributed by atoms with E-state index in [0.29, 0.717) is 5.92 Å². The van der Waals surface area contributed by atoms with Crippen molar-refractivity contribution in [1.29, 1.82) is 0 Å². The highest BCUT2D eigenvalue weighted by Gasteiger charge is 2.10. The molecule has 0 saturated carbocycles. The van der Waals surface area contributed by atoms with Crippen LogP contribution in [0.5, 0.6) is 0 Å². The molecule has 0 radical (unpaired) electrons. The zero-order valence-electron chi connectivity index (χ0n) is 8.39. The first-order chi connectivity index (χ1) is 5.22. The summed E-state index contributed by atoms with van der Waals surface area (Å²) in [5.41, 5.74) is 0. The fourth-order valence-corrected chi connectivity index (χ4v) is 1.24. The smallest absolute Gasteiger partial charge is 0.0490 e. The van der Waals surface area contributed by atoms with Crippen molar-refractivity contribution in [2.24, 2.45) is 11.8 Å². The van der Waals surface area contributed by atoms with Gasteiger partial charge in [0, 0.05) is 13.7 Å². The van der Waals surface area contributed by atoms with E-state index in [4.69, 9.17) is 4.74 Å². The van der Waals surface area contributed by atoms with Gasteiger partial charge in [-0.15, -0.1) is 0 Å². The van der Waals surface area contributed by atoms with E-state index < -0.39 is 0 Å². The van der Waals surface area contributed by atoms with Crippen molar-refractivity contribution in [2.75, 3.05) is 13.7 Å². The highest BCUT2D eigenvalue weighted by molar-refractivity contribution is 4.60. The van der Waals surface area contributed by atoms with Gasteiger partial charge in [0.2, 0.25) is 0 Å². The van der Waals surface area contributed by atoms with Crippen LogP contribution in [0, 0.1) is 11.8 Å². The fraction of sp³-hybridized carbons (Fsp3) is 1.00.